The van der Waals surface area contributed by atoms with Gasteiger partial charge in [0.25, 0.3) is 0 Å². The van der Waals surface area contributed by atoms with Crippen LogP contribution in [0.3, 0.4) is 0 Å². The summed E-state index contributed by atoms with van der Waals surface area (Å²) >= 11 is 0. The van der Waals surface area contributed by atoms with Crippen LogP contribution in [0.4, 0.5) is 0 Å². The summed E-state index contributed by atoms with van der Waals surface area (Å²) in [6, 6.07) is 15.9. The quantitative estimate of drug-likeness (QED) is 0.693. The number of methoxy groups -OCH3 is 2. The van der Waals surface area contributed by atoms with Gasteiger partial charge in [-0.2, -0.15) is 5.10 Å². The highest BCUT2D eigenvalue weighted by Gasteiger charge is 2.22. The first kappa shape index (κ1) is 18.3. The van der Waals surface area contributed by atoms with Crippen molar-refractivity contribution in [2.24, 2.45) is 0 Å². The van der Waals surface area contributed by atoms with Gasteiger partial charge in [0.15, 0.2) is 0 Å². The molecule has 1 aromatic heterocycles. The fraction of sp³-hybridized carbons (Fsp3) is 0.273. The number of aromatic nitrogens is 2. The lowest BCUT2D eigenvalue weighted by atomic mass is 10.0. The molecule has 0 bridgehead atoms. The monoisotopic (exact) mass is 377 g/mol. The minimum atomic E-state index is -0.239. The van der Waals surface area contributed by atoms with E-state index in [-0.39, 0.29) is 12.4 Å². The van der Waals surface area contributed by atoms with Crippen molar-refractivity contribution in [2.45, 2.75) is 19.4 Å². The molecule has 2 aromatic carbocycles. The fourth-order valence-electron chi connectivity index (χ4n) is 3.54. The number of esters is 1. The molecular weight excluding hydrogens is 354 g/mol. The first-order valence-corrected chi connectivity index (χ1v) is 9.31. The maximum Gasteiger partial charge on any atom is 0.309 e. The van der Waals surface area contributed by atoms with Gasteiger partial charge in [0.1, 0.15) is 5.75 Å². The number of carbonyl (C=O) groups is 1. The van der Waals surface area contributed by atoms with Crippen molar-refractivity contribution in [1.29, 1.82) is 0 Å². The van der Waals surface area contributed by atoms with Crippen LogP contribution in [0.2, 0.25) is 0 Å². The van der Waals surface area contributed by atoms with Crippen molar-refractivity contribution in [2.75, 3.05) is 20.8 Å². The van der Waals surface area contributed by atoms with Gasteiger partial charge in [-0.1, -0.05) is 12.1 Å². The van der Waals surface area contributed by atoms with E-state index in [1.165, 1.54) is 18.4 Å². The van der Waals surface area contributed by atoms with E-state index < -0.39 is 0 Å². The maximum absolute atomic E-state index is 11.5. The number of nitrogens with zero attached hydrogens (tertiary/aromatic N) is 2. The van der Waals surface area contributed by atoms with Crippen LogP contribution in [0.5, 0.6) is 5.75 Å². The third kappa shape index (κ3) is 3.51. The first-order chi connectivity index (χ1) is 13.7. The normalized spacial score (nSPS) is 13.1. The molecule has 0 unspecified atom stereocenters. The summed E-state index contributed by atoms with van der Waals surface area (Å²) < 4.78 is 12.0. The Kier molecular flexibility index (Phi) is 5.12. The summed E-state index contributed by atoms with van der Waals surface area (Å²) in [6.45, 7) is 1.73. The molecule has 0 spiro atoms. The molecule has 1 N–H and O–H groups in total. The Morgan fingerprint density at radius 1 is 1.11 bits per heavy atom. The predicted octanol–water partition coefficient (Wildman–Crippen LogP) is 2.91. The average Bonchev–Trinajstić information content (AvgIpc) is 3.14. The topological polar surface area (TPSA) is 65.4 Å². The van der Waals surface area contributed by atoms with Crippen molar-refractivity contribution in [3.8, 4) is 22.7 Å². The van der Waals surface area contributed by atoms with Crippen LogP contribution in [-0.4, -0.2) is 36.5 Å². The van der Waals surface area contributed by atoms with Gasteiger partial charge in [-0.25, -0.2) is 4.68 Å². The van der Waals surface area contributed by atoms with Crippen LogP contribution in [0, 0.1) is 0 Å². The Balaban J connectivity index is 1.71. The number of benzene rings is 2. The van der Waals surface area contributed by atoms with Gasteiger partial charge in [-0.3, -0.25) is 4.79 Å². The predicted molar refractivity (Wildman–Crippen MR) is 107 cm³/mol. The summed E-state index contributed by atoms with van der Waals surface area (Å²) in [4.78, 5) is 11.5. The van der Waals surface area contributed by atoms with Crippen molar-refractivity contribution >= 4 is 5.97 Å². The number of carbonyl (C=O) groups excluding carboxylic acids is 1. The summed E-state index contributed by atoms with van der Waals surface area (Å²) in [5, 5.41) is 8.38. The highest BCUT2D eigenvalue weighted by molar-refractivity contribution is 5.72. The molecule has 144 valence electrons. The Labute approximate surface area is 164 Å². The van der Waals surface area contributed by atoms with Gasteiger partial charge in [0, 0.05) is 30.6 Å². The standard InChI is InChI=1S/C22H23N3O3/c1-27-18-9-5-16(6-10-18)22-19-14-23-12-11-20(19)25(24-22)17-7-3-15(4-8-17)13-21(26)28-2/h3-10,23H,11-14H2,1-2H3. The van der Waals surface area contributed by atoms with E-state index in [0.29, 0.717) is 0 Å². The molecule has 28 heavy (non-hydrogen) atoms. The number of nitrogens with one attached hydrogen (secondary N) is 1. The number of rotatable bonds is 5. The Morgan fingerprint density at radius 3 is 2.54 bits per heavy atom. The van der Waals surface area contributed by atoms with Crippen molar-refractivity contribution in [3.63, 3.8) is 0 Å². The molecule has 1 aliphatic heterocycles. The molecule has 6 nitrogen and oxygen atoms in total. The molecule has 1 aliphatic rings. The molecule has 3 aromatic rings. The third-order valence-electron chi connectivity index (χ3n) is 5.05. The zero-order valence-electron chi connectivity index (χ0n) is 16.1. The van der Waals surface area contributed by atoms with E-state index in [9.17, 15) is 4.79 Å². The van der Waals surface area contributed by atoms with Crippen LogP contribution in [0.1, 0.15) is 16.8 Å². The van der Waals surface area contributed by atoms with Gasteiger partial charge in [-0.15, -0.1) is 0 Å². The maximum atomic E-state index is 11.5. The van der Waals surface area contributed by atoms with Gasteiger partial charge >= 0.3 is 5.97 Å². The highest BCUT2D eigenvalue weighted by atomic mass is 16.5. The molecule has 0 aliphatic carbocycles. The second-order valence-electron chi connectivity index (χ2n) is 6.76. The van der Waals surface area contributed by atoms with Crippen molar-refractivity contribution in [1.82, 2.24) is 15.1 Å². The second-order valence-corrected chi connectivity index (χ2v) is 6.76. The minimum Gasteiger partial charge on any atom is -0.497 e. The van der Waals surface area contributed by atoms with Gasteiger partial charge in [0.05, 0.1) is 37.7 Å². The van der Waals surface area contributed by atoms with Gasteiger partial charge < -0.3 is 14.8 Å². The van der Waals surface area contributed by atoms with Crippen LogP contribution >= 0.6 is 0 Å². The van der Waals surface area contributed by atoms with Crippen LogP contribution < -0.4 is 10.1 Å². The van der Waals surface area contributed by atoms with Crippen molar-refractivity contribution in [3.05, 3.63) is 65.4 Å². The van der Waals surface area contributed by atoms with E-state index in [1.807, 2.05) is 53.2 Å². The molecule has 0 saturated heterocycles. The highest BCUT2D eigenvalue weighted by Crippen LogP contribution is 2.30. The van der Waals surface area contributed by atoms with E-state index >= 15 is 0 Å². The van der Waals surface area contributed by atoms with Gasteiger partial charge in [-0.05, 0) is 42.0 Å². The Hall–Kier alpha value is -3.12. The van der Waals surface area contributed by atoms with Crippen LogP contribution in [0.15, 0.2) is 48.5 Å². The fourth-order valence-corrected chi connectivity index (χ4v) is 3.54. The molecule has 4 rings (SSSR count). The second kappa shape index (κ2) is 7.86. The van der Waals surface area contributed by atoms with Gasteiger partial charge in [0.2, 0.25) is 0 Å². The Bertz CT molecular complexity index is 976. The average molecular weight is 377 g/mol. The molecule has 0 atom stereocenters. The number of hydrogen-bond donors (Lipinski definition) is 1. The zero-order chi connectivity index (χ0) is 19.5. The molecule has 0 fully saturated rings. The summed E-state index contributed by atoms with van der Waals surface area (Å²) in [6.07, 6.45) is 1.19. The molecule has 6 heteroatoms. The molecular formula is C22H23N3O3. The number of ether oxygens (including phenoxy) is 2. The number of hydrogen-bond acceptors (Lipinski definition) is 5. The van der Waals surface area contributed by atoms with E-state index in [2.05, 4.69) is 5.32 Å². The van der Waals surface area contributed by atoms with E-state index in [4.69, 9.17) is 14.6 Å². The molecule has 0 saturated carbocycles. The largest absolute Gasteiger partial charge is 0.497 e. The van der Waals surface area contributed by atoms with E-state index in [0.717, 1.165) is 47.8 Å². The number of fused-ring (bicyclic) bond motifs is 1. The molecule has 0 radical (unpaired) electrons. The third-order valence-corrected chi connectivity index (χ3v) is 5.05. The lowest BCUT2D eigenvalue weighted by Crippen LogP contribution is -2.24. The summed E-state index contributed by atoms with van der Waals surface area (Å²) in [7, 11) is 3.07. The summed E-state index contributed by atoms with van der Waals surface area (Å²) in [5.41, 5.74) is 6.44. The smallest absolute Gasteiger partial charge is 0.309 e. The lowest BCUT2D eigenvalue weighted by molar-refractivity contribution is -0.139. The minimum absolute atomic E-state index is 0.239. The molecule has 2 heterocycles. The lowest BCUT2D eigenvalue weighted by Gasteiger charge is -2.16. The molecule has 0 amide bonds. The van der Waals surface area contributed by atoms with E-state index in [1.54, 1.807) is 7.11 Å². The van der Waals surface area contributed by atoms with Crippen LogP contribution in [0.25, 0.3) is 16.9 Å². The Morgan fingerprint density at radius 2 is 1.86 bits per heavy atom. The SMILES string of the molecule is COC(=O)Cc1ccc(-n2nc(-c3ccc(OC)cc3)c3c2CCNC3)cc1. The summed E-state index contributed by atoms with van der Waals surface area (Å²) in [5.74, 6) is 0.591. The first-order valence-electron chi connectivity index (χ1n) is 9.31. The van der Waals surface area contributed by atoms with Crippen LogP contribution in [-0.2, 0) is 28.9 Å². The van der Waals surface area contributed by atoms with Crippen molar-refractivity contribution < 1.29 is 14.3 Å². The zero-order valence-corrected chi connectivity index (χ0v) is 16.1.